The number of hydrogen-bond acceptors (Lipinski definition) is 5. The predicted octanol–water partition coefficient (Wildman–Crippen LogP) is 0.865. The SMILES string of the molecule is Nc1[nH]c(=O)c(C(=O)O)c(-c2cc(F)ccc2O)c1C(=O)O. The normalized spacial score (nSPS) is 10.4. The summed E-state index contributed by atoms with van der Waals surface area (Å²) in [6.07, 6.45) is 0. The van der Waals surface area contributed by atoms with Crippen LogP contribution >= 0.6 is 0 Å². The van der Waals surface area contributed by atoms with E-state index in [0.29, 0.717) is 6.07 Å². The van der Waals surface area contributed by atoms with Crippen molar-refractivity contribution in [1.29, 1.82) is 0 Å². The molecule has 2 aromatic rings. The Kier molecular flexibility index (Phi) is 3.56. The lowest BCUT2D eigenvalue weighted by molar-refractivity contribution is 0.0695. The first-order valence-corrected chi connectivity index (χ1v) is 5.75. The van der Waals surface area contributed by atoms with Crippen molar-refractivity contribution in [2.24, 2.45) is 0 Å². The van der Waals surface area contributed by atoms with Gasteiger partial charge in [0.25, 0.3) is 5.56 Å². The van der Waals surface area contributed by atoms with Gasteiger partial charge in [-0.25, -0.2) is 14.0 Å². The van der Waals surface area contributed by atoms with Gasteiger partial charge < -0.3 is 26.0 Å². The number of aromatic amines is 1. The van der Waals surface area contributed by atoms with Gasteiger partial charge in [0.15, 0.2) is 0 Å². The molecule has 2 rings (SSSR count). The summed E-state index contributed by atoms with van der Waals surface area (Å²) in [5.74, 6) is -5.46. The van der Waals surface area contributed by atoms with E-state index in [0.717, 1.165) is 12.1 Å². The minimum absolute atomic E-state index is 0.465. The second kappa shape index (κ2) is 5.20. The number of benzene rings is 1. The summed E-state index contributed by atoms with van der Waals surface area (Å²) in [6.45, 7) is 0. The first kappa shape index (κ1) is 15.0. The molecule has 0 saturated carbocycles. The third-order valence-electron chi connectivity index (χ3n) is 2.90. The summed E-state index contributed by atoms with van der Waals surface area (Å²) in [7, 11) is 0. The molecule has 6 N–H and O–H groups in total. The van der Waals surface area contributed by atoms with Crippen molar-refractivity contribution in [2.75, 3.05) is 5.73 Å². The fraction of sp³-hybridized carbons (Fsp3) is 0. The van der Waals surface area contributed by atoms with Gasteiger partial charge in [0.1, 0.15) is 28.5 Å². The quantitative estimate of drug-likeness (QED) is 0.563. The van der Waals surface area contributed by atoms with Crippen LogP contribution in [0.5, 0.6) is 5.75 Å². The largest absolute Gasteiger partial charge is 0.507 e. The van der Waals surface area contributed by atoms with Crippen molar-refractivity contribution >= 4 is 17.8 Å². The minimum atomic E-state index is -1.75. The highest BCUT2D eigenvalue weighted by Crippen LogP contribution is 2.35. The molecule has 114 valence electrons. The number of carboxylic acids is 2. The van der Waals surface area contributed by atoms with Crippen LogP contribution in [0.4, 0.5) is 10.2 Å². The maximum atomic E-state index is 13.4. The molecule has 0 atom stereocenters. The Morgan fingerprint density at radius 1 is 1.14 bits per heavy atom. The molecule has 1 aromatic heterocycles. The zero-order valence-electron chi connectivity index (χ0n) is 10.8. The number of aromatic hydroxyl groups is 1. The van der Waals surface area contributed by atoms with E-state index in [4.69, 9.17) is 10.8 Å². The fourth-order valence-electron chi connectivity index (χ4n) is 2.02. The van der Waals surface area contributed by atoms with Crippen LogP contribution in [0, 0.1) is 5.82 Å². The second-order valence-electron chi connectivity index (χ2n) is 4.26. The van der Waals surface area contributed by atoms with Crippen LogP contribution in [-0.4, -0.2) is 32.2 Å². The highest BCUT2D eigenvalue weighted by atomic mass is 19.1. The van der Waals surface area contributed by atoms with E-state index in [1.165, 1.54) is 0 Å². The Morgan fingerprint density at radius 3 is 2.27 bits per heavy atom. The monoisotopic (exact) mass is 308 g/mol. The van der Waals surface area contributed by atoms with Crippen molar-refractivity contribution < 1.29 is 29.3 Å². The molecule has 0 unspecified atom stereocenters. The number of nitrogens with two attached hydrogens (primary N) is 1. The number of hydrogen-bond donors (Lipinski definition) is 5. The highest BCUT2D eigenvalue weighted by Gasteiger charge is 2.28. The van der Waals surface area contributed by atoms with Gasteiger partial charge in [-0.15, -0.1) is 0 Å². The molecule has 0 spiro atoms. The Bertz CT molecular complexity index is 858. The molecular weight excluding hydrogens is 299 g/mol. The molecule has 1 aromatic carbocycles. The number of pyridine rings is 1. The van der Waals surface area contributed by atoms with E-state index in [9.17, 15) is 29.0 Å². The van der Waals surface area contributed by atoms with Gasteiger partial charge in [-0.2, -0.15) is 0 Å². The molecule has 0 aliphatic heterocycles. The average Bonchev–Trinajstić information content (AvgIpc) is 2.39. The molecule has 8 nitrogen and oxygen atoms in total. The number of aromatic carboxylic acids is 2. The van der Waals surface area contributed by atoms with Gasteiger partial charge in [-0.3, -0.25) is 4.79 Å². The Labute approximate surface area is 121 Å². The number of anilines is 1. The number of halogens is 1. The van der Waals surface area contributed by atoms with E-state index in [1.807, 2.05) is 4.98 Å². The lowest BCUT2D eigenvalue weighted by Gasteiger charge is -2.13. The van der Waals surface area contributed by atoms with Crippen molar-refractivity contribution in [3.63, 3.8) is 0 Å². The number of aromatic nitrogens is 1. The zero-order valence-corrected chi connectivity index (χ0v) is 10.8. The smallest absolute Gasteiger partial charge is 0.342 e. The van der Waals surface area contributed by atoms with Gasteiger partial charge >= 0.3 is 11.9 Å². The molecule has 9 heteroatoms. The van der Waals surface area contributed by atoms with Crippen molar-refractivity contribution in [3.05, 3.63) is 45.5 Å². The number of phenolic OH excluding ortho intramolecular Hbond substituents is 1. The highest BCUT2D eigenvalue weighted by molar-refractivity contribution is 6.07. The molecule has 0 saturated heterocycles. The average molecular weight is 308 g/mol. The Balaban J connectivity index is 3.06. The third kappa shape index (κ3) is 2.35. The Hall–Kier alpha value is -3.36. The fourth-order valence-corrected chi connectivity index (χ4v) is 2.02. The first-order valence-electron chi connectivity index (χ1n) is 5.75. The number of nitrogen functional groups attached to an aromatic ring is 1. The van der Waals surface area contributed by atoms with E-state index < -0.39 is 57.1 Å². The first-order chi connectivity index (χ1) is 10.2. The topological polar surface area (TPSA) is 154 Å². The molecule has 0 radical (unpaired) electrons. The van der Waals surface area contributed by atoms with E-state index in [1.54, 1.807) is 0 Å². The number of carbonyl (C=O) groups is 2. The summed E-state index contributed by atoms with van der Waals surface area (Å²) < 4.78 is 13.4. The maximum Gasteiger partial charge on any atom is 0.342 e. The standard InChI is InChI=1S/C13H9FN2O6/c14-4-1-2-6(17)5(3-4)7-8(12(19)20)10(15)16-11(18)9(7)13(21)22/h1-3,17H,(H,19,20)(H,21,22)(H3,15,16,18). The minimum Gasteiger partial charge on any atom is -0.507 e. The van der Waals surface area contributed by atoms with Crippen molar-refractivity contribution in [1.82, 2.24) is 4.98 Å². The molecule has 0 fully saturated rings. The van der Waals surface area contributed by atoms with E-state index in [-0.39, 0.29) is 0 Å². The summed E-state index contributed by atoms with van der Waals surface area (Å²) in [5, 5.41) is 28.1. The van der Waals surface area contributed by atoms with E-state index in [2.05, 4.69) is 0 Å². The lowest BCUT2D eigenvalue weighted by Crippen LogP contribution is -2.24. The number of phenols is 1. The summed E-state index contributed by atoms with van der Waals surface area (Å²) in [6, 6.07) is 2.50. The van der Waals surface area contributed by atoms with Gasteiger partial charge in [0.2, 0.25) is 0 Å². The van der Waals surface area contributed by atoms with Crippen LogP contribution in [0.15, 0.2) is 23.0 Å². The van der Waals surface area contributed by atoms with Crippen LogP contribution in [0.25, 0.3) is 11.1 Å². The van der Waals surface area contributed by atoms with Gasteiger partial charge in [-0.05, 0) is 18.2 Å². The predicted molar refractivity (Wildman–Crippen MR) is 72.5 cm³/mol. The molecule has 0 aliphatic carbocycles. The van der Waals surface area contributed by atoms with Crippen LogP contribution < -0.4 is 11.3 Å². The molecule has 0 amide bonds. The molecule has 1 heterocycles. The van der Waals surface area contributed by atoms with Crippen molar-refractivity contribution in [3.8, 4) is 16.9 Å². The molecule has 0 aliphatic rings. The molecule has 0 bridgehead atoms. The summed E-state index contributed by atoms with van der Waals surface area (Å²) in [4.78, 5) is 36.3. The third-order valence-corrected chi connectivity index (χ3v) is 2.90. The maximum absolute atomic E-state index is 13.4. The Morgan fingerprint density at radius 2 is 1.73 bits per heavy atom. The van der Waals surface area contributed by atoms with Gasteiger partial charge in [-0.1, -0.05) is 0 Å². The van der Waals surface area contributed by atoms with Crippen LogP contribution in [0.1, 0.15) is 20.7 Å². The van der Waals surface area contributed by atoms with Crippen molar-refractivity contribution in [2.45, 2.75) is 0 Å². The molecule has 22 heavy (non-hydrogen) atoms. The number of H-pyrrole nitrogens is 1. The van der Waals surface area contributed by atoms with Crippen LogP contribution in [0.3, 0.4) is 0 Å². The lowest BCUT2D eigenvalue weighted by atomic mass is 9.94. The second-order valence-corrected chi connectivity index (χ2v) is 4.26. The number of nitrogens with one attached hydrogen (secondary N) is 1. The van der Waals surface area contributed by atoms with Gasteiger partial charge in [0.05, 0.1) is 0 Å². The summed E-state index contributed by atoms with van der Waals surface area (Å²) >= 11 is 0. The number of rotatable bonds is 3. The zero-order chi connectivity index (χ0) is 16.6. The number of carboxylic acid groups (broad SMARTS) is 2. The van der Waals surface area contributed by atoms with Gasteiger partial charge in [0, 0.05) is 11.1 Å². The molecular formula is C13H9FN2O6. The van der Waals surface area contributed by atoms with E-state index >= 15 is 0 Å². The van der Waals surface area contributed by atoms with Crippen LogP contribution in [0.2, 0.25) is 0 Å². The summed E-state index contributed by atoms with van der Waals surface area (Å²) in [5.41, 5.74) is 1.39. The van der Waals surface area contributed by atoms with Crippen LogP contribution in [-0.2, 0) is 0 Å².